The van der Waals surface area contributed by atoms with E-state index in [4.69, 9.17) is 0 Å². The van der Waals surface area contributed by atoms with Crippen molar-refractivity contribution >= 4 is 11.8 Å². The predicted molar refractivity (Wildman–Crippen MR) is 51.2 cm³/mol. The number of rotatable bonds is 2. The normalized spacial score (nSPS) is 11.8. The minimum atomic E-state index is -1.16. The van der Waals surface area contributed by atoms with Gasteiger partial charge in [-0.05, 0) is 26.2 Å². The van der Waals surface area contributed by atoms with Crippen molar-refractivity contribution in [2.45, 2.75) is 24.5 Å². The molecule has 1 N–H and O–H groups in total. The van der Waals surface area contributed by atoms with E-state index in [1.165, 1.54) is 24.0 Å². The molecule has 0 aromatic carbocycles. The van der Waals surface area contributed by atoms with Gasteiger partial charge in [-0.3, -0.25) is 0 Å². The van der Waals surface area contributed by atoms with Crippen LogP contribution in [-0.2, 0) is 5.60 Å². The molecule has 0 fully saturated rings. The zero-order valence-corrected chi connectivity index (χ0v) is 8.65. The molecule has 0 spiro atoms. The van der Waals surface area contributed by atoms with Crippen LogP contribution < -0.4 is 0 Å². The smallest absolute Gasteiger partial charge is 0.161 e. The van der Waals surface area contributed by atoms with E-state index in [1.807, 2.05) is 0 Å². The molecule has 0 unspecified atom stereocenters. The van der Waals surface area contributed by atoms with Gasteiger partial charge in [-0.2, -0.15) is 0 Å². The summed E-state index contributed by atoms with van der Waals surface area (Å²) in [5, 5.41) is 9.93. The molecule has 1 aromatic heterocycles. The second-order valence-electron chi connectivity index (χ2n) is 3.24. The lowest BCUT2D eigenvalue weighted by Gasteiger charge is -2.18. The van der Waals surface area contributed by atoms with E-state index < -0.39 is 11.4 Å². The van der Waals surface area contributed by atoms with Crippen molar-refractivity contribution < 1.29 is 9.50 Å². The van der Waals surface area contributed by atoms with Gasteiger partial charge in [0.2, 0.25) is 0 Å². The lowest BCUT2D eigenvalue weighted by atomic mass is 9.99. The molecule has 4 heteroatoms. The zero-order valence-electron chi connectivity index (χ0n) is 7.84. The highest BCUT2D eigenvalue weighted by atomic mass is 32.2. The van der Waals surface area contributed by atoms with Gasteiger partial charge in [-0.15, -0.1) is 11.8 Å². The Balaban J connectivity index is 3.24. The maximum atomic E-state index is 13.5. The highest BCUT2D eigenvalue weighted by Crippen LogP contribution is 2.26. The first kappa shape index (κ1) is 10.5. The molecule has 1 rings (SSSR count). The molecule has 1 heterocycles. The molecular formula is C9H12FNOS. The number of aromatic nitrogens is 1. The Morgan fingerprint density at radius 3 is 2.62 bits per heavy atom. The SMILES string of the molecule is CSc1nccc(C(C)(C)O)c1F. The monoisotopic (exact) mass is 201 g/mol. The summed E-state index contributed by atoms with van der Waals surface area (Å²) in [5.41, 5.74) is -0.871. The van der Waals surface area contributed by atoms with Crippen LogP contribution in [0.5, 0.6) is 0 Å². The van der Waals surface area contributed by atoms with Crippen LogP contribution in [0.1, 0.15) is 19.4 Å². The molecule has 0 amide bonds. The third kappa shape index (κ3) is 2.19. The Bertz CT molecular complexity index is 309. The fourth-order valence-electron chi connectivity index (χ4n) is 1.04. The summed E-state index contributed by atoms with van der Waals surface area (Å²) >= 11 is 1.23. The second-order valence-corrected chi connectivity index (χ2v) is 4.04. The van der Waals surface area contributed by atoms with Crippen LogP contribution in [0.25, 0.3) is 0 Å². The Morgan fingerprint density at radius 1 is 1.54 bits per heavy atom. The first-order chi connectivity index (χ1) is 5.96. The fraction of sp³-hybridized carbons (Fsp3) is 0.444. The zero-order chi connectivity index (χ0) is 10.1. The van der Waals surface area contributed by atoms with Crippen molar-refractivity contribution in [1.82, 2.24) is 4.98 Å². The summed E-state index contributed by atoms with van der Waals surface area (Å²) in [7, 11) is 0. The summed E-state index contributed by atoms with van der Waals surface area (Å²) in [6.45, 7) is 3.10. The molecule has 72 valence electrons. The number of thioether (sulfide) groups is 1. The molecule has 2 nitrogen and oxygen atoms in total. The van der Waals surface area contributed by atoms with Crippen LogP contribution in [0.2, 0.25) is 0 Å². The first-order valence-electron chi connectivity index (χ1n) is 3.88. The Morgan fingerprint density at radius 2 is 2.15 bits per heavy atom. The molecule has 1 aromatic rings. The largest absolute Gasteiger partial charge is 0.386 e. The molecule has 0 aliphatic rings. The van der Waals surface area contributed by atoms with Gasteiger partial charge >= 0.3 is 0 Å². The summed E-state index contributed by atoms with van der Waals surface area (Å²) in [4.78, 5) is 3.85. The van der Waals surface area contributed by atoms with Gasteiger partial charge in [0.15, 0.2) is 5.82 Å². The Hall–Kier alpha value is -0.610. The minimum Gasteiger partial charge on any atom is -0.386 e. The molecule has 0 aliphatic heterocycles. The minimum absolute atomic E-state index is 0.284. The van der Waals surface area contributed by atoms with Crippen molar-refractivity contribution in [3.8, 4) is 0 Å². The maximum Gasteiger partial charge on any atom is 0.161 e. The number of aliphatic hydroxyl groups is 1. The highest BCUT2D eigenvalue weighted by Gasteiger charge is 2.22. The van der Waals surface area contributed by atoms with Crippen molar-refractivity contribution in [2.24, 2.45) is 0 Å². The van der Waals surface area contributed by atoms with Gasteiger partial charge in [0.25, 0.3) is 0 Å². The predicted octanol–water partition coefficient (Wildman–Crippen LogP) is 2.17. The summed E-state index contributed by atoms with van der Waals surface area (Å²) in [6, 6.07) is 1.50. The van der Waals surface area contributed by atoms with Gasteiger partial charge in [0.1, 0.15) is 5.03 Å². The van der Waals surface area contributed by atoms with Crippen LogP contribution in [-0.4, -0.2) is 16.3 Å². The Labute approximate surface area is 81.2 Å². The summed E-state index contributed by atoms with van der Waals surface area (Å²) in [6.07, 6.45) is 3.25. The average molecular weight is 201 g/mol. The van der Waals surface area contributed by atoms with E-state index in [0.717, 1.165) is 0 Å². The molecule has 13 heavy (non-hydrogen) atoms. The van der Waals surface area contributed by atoms with E-state index in [1.54, 1.807) is 20.1 Å². The van der Waals surface area contributed by atoms with Crippen LogP contribution >= 0.6 is 11.8 Å². The number of hydrogen-bond donors (Lipinski definition) is 1. The Kier molecular flexibility index (Phi) is 2.93. The summed E-state index contributed by atoms with van der Waals surface area (Å²) < 4.78 is 13.5. The van der Waals surface area contributed by atoms with E-state index >= 15 is 0 Å². The third-order valence-electron chi connectivity index (χ3n) is 1.71. The topological polar surface area (TPSA) is 33.1 Å². The molecule has 0 bridgehead atoms. The number of halogens is 1. The average Bonchev–Trinajstić information content (AvgIpc) is 2.02. The molecule has 0 aliphatic carbocycles. The second kappa shape index (κ2) is 3.64. The number of pyridine rings is 1. The van der Waals surface area contributed by atoms with Crippen LogP contribution in [0.3, 0.4) is 0 Å². The lowest BCUT2D eigenvalue weighted by molar-refractivity contribution is 0.0737. The fourth-order valence-corrected chi connectivity index (χ4v) is 1.49. The van der Waals surface area contributed by atoms with E-state index in [-0.39, 0.29) is 5.56 Å². The third-order valence-corrected chi connectivity index (χ3v) is 2.38. The maximum absolute atomic E-state index is 13.5. The number of nitrogens with zero attached hydrogens (tertiary/aromatic N) is 1. The number of hydrogen-bond acceptors (Lipinski definition) is 3. The van der Waals surface area contributed by atoms with Crippen LogP contribution in [0, 0.1) is 5.82 Å². The molecule has 0 saturated carbocycles. The van der Waals surface area contributed by atoms with Crippen LogP contribution in [0.15, 0.2) is 17.3 Å². The molecule has 0 atom stereocenters. The van der Waals surface area contributed by atoms with Gasteiger partial charge in [0.05, 0.1) is 5.60 Å². The van der Waals surface area contributed by atoms with Gasteiger partial charge < -0.3 is 5.11 Å². The van der Waals surface area contributed by atoms with Gasteiger partial charge in [0, 0.05) is 11.8 Å². The first-order valence-corrected chi connectivity index (χ1v) is 5.10. The van der Waals surface area contributed by atoms with E-state index in [9.17, 15) is 9.50 Å². The highest BCUT2D eigenvalue weighted by molar-refractivity contribution is 7.98. The van der Waals surface area contributed by atoms with Crippen molar-refractivity contribution in [3.63, 3.8) is 0 Å². The van der Waals surface area contributed by atoms with Gasteiger partial charge in [-0.1, -0.05) is 0 Å². The van der Waals surface area contributed by atoms with E-state index in [2.05, 4.69) is 4.98 Å². The van der Waals surface area contributed by atoms with Crippen molar-refractivity contribution in [2.75, 3.05) is 6.26 Å². The molecule has 0 radical (unpaired) electrons. The van der Waals surface area contributed by atoms with Gasteiger partial charge in [-0.25, -0.2) is 9.37 Å². The molecule has 0 saturated heterocycles. The summed E-state index contributed by atoms with van der Waals surface area (Å²) in [5.74, 6) is -0.428. The van der Waals surface area contributed by atoms with Crippen molar-refractivity contribution in [1.29, 1.82) is 0 Å². The van der Waals surface area contributed by atoms with Crippen molar-refractivity contribution in [3.05, 3.63) is 23.6 Å². The van der Waals surface area contributed by atoms with E-state index in [0.29, 0.717) is 5.03 Å². The van der Waals surface area contributed by atoms with Crippen LogP contribution in [0.4, 0.5) is 4.39 Å². The standard InChI is InChI=1S/C9H12FNOS/c1-9(2,12)6-4-5-11-8(13-3)7(6)10/h4-5,12H,1-3H3. The molecular weight excluding hydrogens is 189 g/mol. The quantitative estimate of drug-likeness (QED) is 0.744. The lowest BCUT2D eigenvalue weighted by Crippen LogP contribution is -2.18.